The minimum absolute atomic E-state index is 0.355. The number of amides is 1. The Balaban J connectivity index is 1.97. The number of hydrogen-bond donors (Lipinski definition) is 1. The molecular formula is C22H22FN3O2. The monoisotopic (exact) mass is 379 g/mol. The van der Waals surface area contributed by atoms with Crippen LogP contribution in [0.15, 0.2) is 59.4 Å². The van der Waals surface area contributed by atoms with Gasteiger partial charge in [0.15, 0.2) is 0 Å². The summed E-state index contributed by atoms with van der Waals surface area (Å²) in [5.41, 5.74) is 2.22. The van der Waals surface area contributed by atoms with E-state index < -0.39 is 11.1 Å². The maximum absolute atomic E-state index is 13.2. The molecular weight excluding hydrogens is 357 g/mol. The van der Waals surface area contributed by atoms with Gasteiger partial charge in [0.25, 0.3) is 11.5 Å². The fraction of sp³-hybridized carbons (Fsp3) is 0.227. The van der Waals surface area contributed by atoms with Crippen molar-refractivity contribution in [2.75, 3.05) is 5.32 Å². The van der Waals surface area contributed by atoms with Gasteiger partial charge in [0.2, 0.25) is 0 Å². The van der Waals surface area contributed by atoms with Gasteiger partial charge in [0, 0.05) is 17.3 Å². The SMILES string of the molecule is Cc1cccc(NC(=O)C(C)(C)n2nc(-c3ccc(F)cc3)ccc2=O)c1C. The third kappa shape index (κ3) is 3.71. The first kappa shape index (κ1) is 19.5. The second kappa shape index (κ2) is 7.38. The lowest BCUT2D eigenvalue weighted by Crippen LogP contribution is -2.47. The second-order valence-electron chi connectivity index (χ2n) is 7.24. The fourth-order valence-corrected chi connectivity index (χ4v) is 2.84. The highest BCUT2D eigenvalue weighted by Crippen LogP contribution is 2.22. The van der Waals surface area contributed by atoms with Crippen LogP contribution >= 0.6 is 0 Å². The van der Waals surface area contributed by atoms with Crippen LogP contribution in [-0.4, -0.2) is 15.7 Å². The van der Waals surface area contributed by atoms with Crippen molar-refractivity contribution in [3.8, 4) is 11.3 Å². The third-order valence-electron chi connectivity index (χ3n) is 4.88. The van der Waals surface area contributed by atoms with Crippen molar-refractivity contribution in [2.45, 2.75) is 33.2 Å². The molecule has 2 aromatic carbocycles. The molecule has 144 valence electrons. The molecule has 0 aliphatic rings. The van der Waals surface area contributed by atoms with Gasteiger partial charge in [-0.3, -0.25) is 9.59 Å². The molecule has 1 aromatic heterocycles. The van der Waals surface area contributed by atoms with E-state index in [1.807, 2.05) is 32.0 Å². The Hall–Kier alpha value is -3.28. The summed E-state index contributed by atoms with van der Waals surface area (Å²) in [7, 11) is 0. The van der Waals surface area contributed by atoms with Crippen LogP contribution in [0.5, 0.6) is 0 Å². The molecule has 0 aliphatic carbocycles. The molecule has 1 amide bonds. The van der Waals surface area contributed by atoms with Crippen molar-refractivity contribution >= 4 is 11.6 Å². The van der Waals surface area contributed by atoms with Gasteiger partial charge in [0.1, 0.15) is 11.4 Å². The van der Waals surface area contributed by atoms with Crippen molar-refractivity contribution in [3.63, 3.8) is 0 Å². The van der Waals surface area contributed by atoms with Crippen molar-refractivity contribution < 1.29 is 9.18 Å². The van der Waals surface area contributed by atoms with E-state index in [0.717, 1.165) is 15.8 Å². The maximum Gasteiger partial charge on any atom is 0.267 e. The number of benzene rings is 2. The molecule has 0 atom stereocenters. The summed E-state index contributed by atoms with van der Waals surface area (Å²) >= 11 is 0. The van der Waals surface area contributed by atoms with Gasteiger partial charge in [-0.05, 0) is 75.2 Å². The smallest absolute Gasteiger partial charge is 0.267 e. The zero-order chi connectivity index (χ0) is 20.5. The number of nitrogens with one attached hydrogen (secondary N) is 1. The molecule has 28 heavy (non-hydrogen) atoms. The molecule has 3 aromatic rings. The number of anilines is 1. The number of hydrogen-bond acceptors (Lipinski definition) is 3. The average molecular weight is 379 g/mol. The lowest BCUT2D eigenvalue weighted by molar-refractivity contribution is -0.123. The van der Waals surface area contributed by atoms with Gasteiger partial charge >= 0.3 is 0 Å². The second-order valence-corrected chi connectivity index (χ2v) is 7.24. The molecule has 0 saturated carbocycles. The Bertz CT molecular complexity index is 1090. The van der Waals surface area contributed by atoms with Crippen LogP contribution in [-0.2, 0) is 10.3 Å². The fourth-order valence-electron chi connectivity index (χ4n) is 2.84. The van der Waals surface area contributed by atoms with Crippen molar-refractivity contribution in [1.82, 2.24) is 9.78 Å². The van der Waals surface area contributed by atoms with Crippen LogP contribution in [0, 0.1) is 19.7 Å². The van der Waals surface area contributed by atoms with E-state index in [9.17, 15) is 14.0 Å². The summed E-state index contributed by atoms with van der Waals surface area (Å²) < 4.78 is 14.3. The largest absolute Gasteiger partial charge is 0.324 e. The Morgan fingerprint density at radius 1 is 1.04 bits per heavy atom. The molecule has 0 saturated heterocycles. The van der Waals surface area contributed by atoms with Gasteiger partial charge in [-0.1, -0.05) is 12.1 Å². The zero-order valence-electron chi connectivity index (χ0n) is 16.3. The van der Waals surface area contributed by atoms with E-state index in [1.54, 1.807) is 32.0 Å². The van der Waals surface area contributed by atoms with Crippen LogP contribution in [0.4, 0.5) is 10.1 Å². The quantitative estimate of drug-likeness (QED) is 0.744. The van der Waals surface area contributed by atoms with Gasteiger partial charge in [-0.2, -0.15) is 5.10 Å². The van der Waals surface area contributed by atoms with E-state index in [4.69, 9.17) is 0 Å². The number of carbonyl (C=O) groups is 1. The lowest BCUT2D eigenvalue weighted by atomic mass is 10.0. The lowest BCUT2D eigenvalue weighted by Gasteiger charge is -2.26. The first-order valence-corrected chi connectivity index (χ1v) is 8.94. The predicted octanol–water partition coefficient (Wildman–Crippen LogP) is 4.04. The minimum Gasteiger partial charge on any atom is -0.324 e. The Kier molecular flexibility index (Phi) is 5.14. The van der Waals surface area contributed by atoms with Crippen LogP contribution in [0.25, 0.3) is 11.3 Å². The highest BCUT2D eigenvalue weighted by atomic mass is 19.1. The van der Waals surface area contributed by atoms with Gasteiger partial charge < -0.3 is 5.32 Å². The van der Waals surface area contributed by atoms with E-state index in [2.05, 4.69) is 10.4 Å². The number of aromatic nitrogens is 2. The van der Waals surface area contributed by atoms with Gasteiger partial charge in [-0.25, -0.2) is 9.07 Å². The van der Waals surface area contributed by atoms with E-state index in [0.29, 0.717) is 16.9 Å². The molecule has 1 heterocycles. The Morgan fingerprint density at radius 2 is 1.71 bits per heavy atom. The highest BCUT2D eigenvalue weighted by molar-refractivity contribution is 5.96. The molecule has 0 radical (unpaired) electrons. The Morgan fingerprint density at radius 3 is 2.39 bits per heavy atom. The van der Waals surface area contributed by atoms with Gasteiger partial charge in [-0.15, -0.1) is 0 Å². The topological polar surface area (TPSA) is 64.0 Å². The summed E-state index contributed by atoms with van der Waals surface area (Å²) in [6.07, 6.45) is 0. The van der Waals surface area contributed by atoms with Gasteiger partial charge in [0.05, 0.1) is 5.69 Å². The third-order valence-corrected chi connectivity index (χ3v) is 4.88. The standard InChI is InChI=1S/C22H22FN3O2/c1-14-6-5-7-18(15(14)2)24-21(28)22(3,4)26-20(27)13-12-19(25-26)16-8-10-17(23)11-9-16/h5-13H,1-4H3,(H,24,28). The van der Waals surface area contributed by atoms with Crippen LogP contribution < -0.4 is 10.9 Å². The summed E-state index contributed by atoms with van der Waals surface area (Å²) in [5.74, 6) is -0.711. The summed E-state index contributed by atoms with van der Waals surface area (Å²) in [4.78, 5) is 25.4. The zero-order valence-corrected chi connectivity index (χ0v) is 16.3. The molecule has 3 rings (SSSR count). The van der Waals surface area contributed by atoms with Crippen LogP contribution in [0.1, 0.15) is 25.0 Å². The molecule has 0 aliphatic heterocycles. The minimum atomic E-state index is -1.23. The molecule has 0 unspecified atom stereocenters. The number of rotatable bonds is 4. The summed E-state index contributed by atoms with van der Waals surface area (Å²) in [6, 6.07) is 14.4. The molecule has 0 bridgehead atoms. The maximum atomic E-state index is 13.2. The Labute approximate surface area is 162 Å². The normalized spacial score (nSPS) is 11.3. The number of halogens is 1. The van der Waals surface area contributed by atoms with Crippen molar-refractivity contribution in [1.29, 1.82) is 0 Å². The number of aryl methyl sites for hydroxylation is 1. The molecule has 6 heteroatoms. The van der Waals surface area contributed by atoms with E-state index >= 15 is 0 Å². The highest BCUT2D eigenvalue weighted by Gasteiger charge is 2.32. The van der Waals surface area contributed by atoms with E-state index in [-0.39, 0.29) is 11.7 Å². The first-order valence-electron chi connectivity index (χ1n) is 8.94. The van der Waals surface area contributed by atoms with Crippen molar-refractivity contribution in [2.24, 2.45) is 0 Å². The number of nitrogens with zero attached hydrogens (tertiary/aromatic N) is 2. The number of carbonyl (C=O) groups excluding carboxylic acids is 1. The predicted molar refractivity (Wildman–Crippen MR) is 108 cm³/mol. The molecule has 0 spiro atoms. The molecule has 1 N–H and O–H groups in total. The van der Waals surface area contributed by atoms with Crippen LogP contribution in [0.3, 0.4) is 0 Å². The van der Waals surface area contributed by atoms with Crippen molar-refractivity contribution in [3.05, 3.63) is 81.9 Å². The molecule has 0 fully saturated rings. The summed E-state index contributed by atoms with van der Waals surface area (Å²) in [6.45, 7) is 7.17. The molecule has 5 nitrogen and oxygen atoms in total. The van der Waals surface area contributed by atoms with Crippen LogP contribution in [0.2, 0.25) is 0 Å². The first-order chi connectivity index (χ1) is 13.2. The average Bonchev–Trinajstić information content (AvgIpc) is 2.66. The van der Waals surface area contributed by atoms with E-state index in [1.165, 1.54) is 18.2 Å². The summed E-state index contributed by atoms with van der Waals surface area (Å²) in [5, 5.41) is 7.26.